The van der Waals surface area contributed by atoms with Crippen molar-refractivity contribution in [2.45, 2.75) is 12.3 Å². The summed E-state index contributed by atoms with van der Waals surface area (Å²) in [6.07, 6.45) is 0.357. The third kappa shape index (κ3) is 2.41. The molecule has 1 fully saturated rings. The van der Waals surface area contributed by atoms with Crippen molar-refractivity contribution < 1.29 is 9.21 Å². The molecule has 1 amide bonds. The maximum atomic E-state index is 12.1. The van der Waals surface area contributed by atoms with Gasteiger partial charge in [0.05, 0.1) is 5.92 Å². The summed E-state index contributed by atoms with van der Waals surface area (Å²) in [6, 6.07) is 7.21. The first-order chi connectivity index (χ1) is 9.13. The fourth-order valence-corrected chi connectivity index (χ4v) is 2.50. The van der Waals surface area contributed by atoms with E-state index in [2.05, 4.69) is 10.2 Å². The molecule has 0 bridgehead atoms. The molecular formula is C12H10ClN3O2S. The van der Waals surface area contributed by atoms with Crippen LogP contribution in [0.2, 0.25) is 5.02 Å². The van der Waals surface area contributed by atoms with Crippen molar-refractivity contribution in [3.05, 3.63) is 40.0 Å². The number of halogens is 1. The second-order valence-electron chi connectivity index (χ2n) is 4.34. The van der Waals surface area contributed by atoms with Gasteiger partial charge in [0.25, 0.3) is 4.84 Å². The fraction of sp³-hybridized carbons (Fsp3) is 0.250. The Labute approximate surface area is 119 Å². The second kappa shape index (κ2) is 4.79. The molecule has 98 valence electrons. The molecule has 0 aliphatic carbocycles. The van der Waals surface area contributed by atoms with Gasteiger partial charge in [0.1, 0.15) is 0 Å². The normalized spacial score (nSPS) is 19.1. The van der Waals surface area contributed by atoms with Crippen molar-refractivity contribution in [3.63, 3.8) is 0 Å². The zero-order valence-corrected chi connectivity index (χ0v) is 11.4. The lowest BCUT2D eigenvalue weighted by atomic mass is 10.1. The van der Waals surface area contributed by atoms with Gasteiger partial charge in [0.2, 0.25) is 11.8 Å². The third-order valence-electron chi connectivity index (χ3n) is 3.05. The number of rotatable bonds is 2. The number of amides is 1. The standard InChI is InChI=1S/C12H10ClN3O2S/c13-8-2-1-3-9(5-8)16-6-7(4-10(16)17)11-14-15-12(19)18-11/h1-3,5,7H,4,6H2,(H,15,19). The fourth-order valence-electron chi connectivity index (χ4n) is 2.18. The summed E-state index contributed by atoms with van der Waals surface area (Å²) in [7, 11) is 0. The number of carbonyl (C=O) groups is 1. The Morgan fingerprint density at radius 2 is 2.37 bits per heavy atom. The highest BCUT2D eigenvalue weighted by Gasteiger charge is 2.34. The van der Waals surface area contributed by atoms with Crippen LogP contribution in [0.5, 0.6) is 0 Å². The van der Waals surface area contributed by atoms with E-state index in [0.717, 1.165) is 5.69 Å². The maximum absolute atomic E-state index is 12.1. The molecule has 2 heterocycles. The molecule has 5 nitrogen and oxygen atoms in total. The van der Waals surface area contributed by atoms with E-state index in [9.17, 15) is 4.79 Å². The Hall–Kier alpha value is -1.66. The molecule has 1 N–H and O–H groups in total. The Kier molecular flexibility index (Phi) is 3.12. The second-order valence-corrected chi connectivity index (χ2v) is 5.14. The Bertz CT molecular complexity index is 681. The van der Waals surface area contributed by atoms with Crippen molar-refractivity contribution in [1.82, 2.24) is 10.2 Å². The Balaban J connectivity index is 1.86. The van der Waals surface area contributed by atoms with E-state index in [-0.39, 0.29) is 16.7 Å². The Morgan fingerprint density at radius 1 is 1.53 bits per heavy atom. The molecule has 1 aromatic heterocycles. The first-order valence-electron chi connectivity index (χ1n) is 5.75. The molecule has 0 radical (unpaired) electrons. The minimum absolute atomic E-state index is 0.0244. The largest absolute Gasteiger partial charge is 0.414 e. The molecular weight excluding hydrogens is 286 g/mol. The summed E-state index contributed by atoms with van der Waals surface area (Å²) in [5.41, 5.74) is 0.786. The monoisotopic (exact) mass is 295 g/mol. The van der Waals surface area contributed by atoms with Gasteiger partial charge in [-0.15, -0.1) is 5.10 Å². The SMILES string of the molecule is O=C1CC(c2n[nH]c(=S)o2)CN1c1cccc(Cl)c1. The average molecular weight is 296 g/mol. The van der Waals surface area contributed by atoms with Gasteiger partial charge in [0.15, 0.2) is 0 Å². The molecule has 1 aliphatic heterocycles. The summed E-state index contributed by atoms with van der Waals surface area (Å²) in [5.74, 6) is 0.415. The van der Waals surface area contributed by atoms with Gasteiger partial charge in [-0.25, -0.2) is 5.10 Å². The van der Waals surface area contributed by atoms with Crippen LogP contribution >= 0.6 is 23.8 Å². The minimum Gasteiger partial charge on any atom is -0.414 e. The molecule has 7 heteroatoms. The molecule has 19 heavy (non-hydrogen) atoms. The van der Waals surface area contributed by atoms with E-state index in [1.54, 1.807) is 17.0 Å². The van der Waals surface area contributed by atoms with Gasteiger partial charge in [0, 0.05) is 23.7 Å². The van der Waals surface area contributed by atoms with Crippen LogP contribution in [0.1, 0.15) is 18.2 Å². The van der Waals surface area contributed by atoms with E-state index in [0.29, 0.717) is 23.9 Å². The highest BCUT2D eigenvalue weighted by molar-refractivity contribution is 7.71. The quantitative estimate of drug-likeness (QED) is 0.865. The third-order valence-corrected chi connectivity index (χ3v) is 3.46. The predicted molar refractivity (Wildman–Crippen MR) is 72.9 cm³/mol. The number of aromatic amines is 1. The molecule has 1 aliphatic rings. The summed E-state index contributed by atoms with van der Waals surface area (Å²) in [4.78, 5) is 14.0. The lowest BCUT2D eigenvalue weighted by Crippen LogP contribution is -2.24. The summed E-state index contributed by atoms with van der Waals surface area (Å²) < 4.78 is 5.27. The number of hydrogen-bond donors (Lipinski definition) is 1. The predicted octanol–water partition coefficient (Wildman–Crippen LogP) is 2.91. The number of benzene rings is 1. The highest BCUT2D eigenvalue weighted by Crippen LogP contribution is 2.31. The molecule has 2 aromatic rings. The number of H-pyrrole nitrogens is 1. The average Bonchev–Trinajstić information content (AvgIpc) is 2.95. The Morgan fingerprint density at radius 3 is 3.05 bits per heavy atom. The van der Waals surface area contributed by atoms with Gasteiger partial charge < -0.3 is 9.32 Å². The van der Waals surface area contributed by atoms with Gasteiger partial charge in [-0.3, -0.25) is 4.79 Å². The van der Waals surface area contributed by atoms with Crippen LogP contribution in [0, 0.1) is 4.84 Å². The van der Waals surface area contributed by atoms with Gasteiger partial charge in [-0.05, 0) is 30.4 Å². The van der Waals surface area contributed by atoms with Gasteiger partial charge >= 0.3 is 0 Å². The van der Waals surface area contributed by atoms with Gasteiger partial charge in [-0.1, -0.05) is 17.7 Å². The van der Waals surface area contributed by atoms with E-state index in [1.165, 1.54) is 0 Å². The minimum atomic E-state index is -0.0839. The number of nitrogens with zero attached hydrogens (tertiary/aromatic N) is 2. The van der Waals surface area contributed by atoms with Gasteiger partial charge in [-0.2, -0.15) is 0 Å². The molecule has 3 rings (SSSR count). The van der Waals surface area contributed by atoms with Crippen LogP contribution in [0.3, 0.4) is 0 Å². The van der Waals surface area contributed by atoms with Crippen LogP contribution in [-0.2, 0) is 4.79 Å². The molecule has 1 saturated heterocycles. The number of carbonyl (C=O) groups excluding carboxylic acids is 1. The van der Waals surface area contributed by atoms with Crippen molar-refractivity contribution >= 4 is 35.4 Å². The van der Waals surface area contributed by atoms with Crippen LogP contribution in [0.25, 0.3) is 0 Å². The molecule has 1 atom stereocenters. The number of aromatic nitrogens is 2. The zero-order valence-electron chi connectivity index (χ0n) is 9.80. The van der Waals surface area contributed by atoms with Crippen LogP contribution in [0.4, 0.5) is 5.69 Å². The van der Waals surface area contributed by atoms with Crippen molar-refractivity contribution in [3.8, 4) is 0 Å². The number of hydrogen-bond acceptors (Lipinski definition) is 4. The lowest BCUT2D eigenvalue weighted by Gasteiger charge is -2.16. The smallest absolute Gasteiger partial charge is 0.284 e. The first-order valence-corrected chi connectivity index (χ1v) is 6.53. The molecule has 1 aromatic carbocycles. The first kappa shape index (κ1) is 12.4. The van der Waals surface area contributed by atoms with E-state index >= 15 is 0 Å². The molecule has 0 spiro atoms. The zero-order chi connectivity index (χ0) is 13.4. The number of nitrogens with one attached hydrogen (secondary N) is 1. The maximum Gasteiger partial charge on any atom is 0.284 e. The molecule has 0 saturated carbocycles. The summed E-state index contributed by atoms with van der Waals surface area (Å²) in [6.45, 7) is 0.516. The van der Waals surface area contributed by atoms with E-state index < -0.39 is 0 Å². The highest BCUT2D eigenvalue weighted by atomic mass is 35.5. The van der Waals surface area contributed by atoms with E-state index in [4.69, 9.17) is 28.2 Å². The molecule has 1 unspecified atom stereocenters. The van der Waals surface area contributed by atoms with Crippen LogP contribution < -0.4 is 4.90 Å². The van der Waals surface area contributed by atoms with E-state index in [1.807, 2.05) is 12.1 Å². The summed E-state index contributed by atoms with van der Waals surface area (Å²) in [5, 5.41) is 7.15. The lowest BCUT2D eigenvalue weighted by molar-refractivity contribution is -0.117. The van der Waals surface area contributed by atoms with Crippen LogP contribution in [0.15, 0.2) is 28.7 Å². The van der Waals surface area contributed by atoms with Crippen molar-refractivity contribution in [1.29, 1.82) is 0 Å². The van der Waals surface area contributed by atoms with Crippen LogP contribution in [-0.4, -0.2) is 22.6 Å². The van der Waals surface area contributed by atoms with Crippen molar-refractivity contribution in [2.24, 2.45) is 0 Å². The topological polar surface area (TPSA) is 62.1 Å². The number of anilines is 1. The summed E-state index contributed by atoms with van der Waals surface area (Å²) >= 11 is 10.8. The van der Waals surface area contributed by atoms with Crippen molar-refractivity contribution in [2.75, 3.05) is 11.4 Å².